The normalized spacial score (nSPS) is 33.1. The molecule has 5 nitrogen and oxygen atoms in total. The Kier molecular flexibility index (Phi) is 6.49. The van der Waals surface area contributed by atoms with Crippen molar-refractivity contribution in [2.24, 2.45) is 28.6 Å². The van der Waals surface area contributed by atoms with E-state index in [1.165, 1.54) is 12.8 Å². The number of esters is 1. The van der Waals surface area contributed by atoms with Gasteiger partial charge in [0.1, 0.15) is 0 Å². The zero-order valence-corrected chi connectivity index (χ0v) is 17.3. The van der Waals surface area contributed by atoms with Gasteiger partial charge in [-0.05, 0) is 61.7 Å². The molecule has 0 spiro atoms. The predicted molar refractivity (Wildman–Crippen MR) is 97.4 cm³/mol. The second-order valence-electron chi connectivity index (χ2n) is 9.15. The van der Waals surface area contributed by atoms with Gasteiger partial charge in [-0.25, -0.2) is 0 Å². The number of ether oxygens (including phenoxy) is 1. The van der Waals surface area contributed by atoms with Gasteiger partial charge >= 0.3 is 15.3 Å². The molecule has 0 N–H and O–H groups in total. The van der Waals surface area contributed by atoms with Crippen LogP contribution in [-0.2, 0) is 23.0 Å². The van der Waals surface area contributed by atoms with Crippen molar-refractivity contribution >= 4 is 26.0 Å². The van der Waals surface area contributed by atoms with Crippen LogP contribution in [0.4, 0.5) is 0 Å². The van der Waals surface area contributed by atoms with Gasteiger partial charge in [0.05, 0.1) is 18.6 Å². The Labute approximate surface area is 156 Å². The van der Waals surface area contributed by atoms with Crippen LogP contribution in [0.1, 0.15) is 66.2 Å². The lowest BCUT2D eigenvalue weighted by molar-refractivity contribution is -0.166. The fourth-order valence-electron chi connectivity index (χ4n) is 4.83. The monoisotopic (exact) mass is 394 g/mol. The van der Waals surface area contributed by atoms with Gasteiger partial charge in [0, 0.05) is 10.7 Å². The number of fused-ring (bicyclic) bond motifs is 2. The maximum Gasteiger partial charge on any atom is 0.355 e. The van der Waals surface area contributed by atoms with Crippen molar-refractivity contribution < 1.29 is 22.1 Å². The molecule has 2 fully saturated rings. The van der Waals surface area contributed by atoms with E-state index in [2.05, 4.69) is 18.0 Å². The first-order chi connectivity index (χ1) is 11.4. The van der Waals surface area contributed by atoms with Crippen LogP contribution >= 0.6 is 10.7 Å². The molecule has 0 amide bonds. The maximum atomic E-state index is 12.9. The summed E-state index contributed by atoms with van der Waals surface area (Å²) in [6, 6.07) is 0. The summed E-state index contributed by atoms with van der Waals surface area (Å²) in [6.45, 7) is 8.43. The van der Waals surface area contributed by atoms with E-state index in [4.69, 9.17) is 15.4 Å². The first-order valence-electron chi connectivity index (χ1n) is 9.17. The third-order valence-corrected chi connectivity index (χ3v) is 6.33. The molecule has 0 radical (unpaired) electrons. The fraction of sp³-hybridized carbons (Fsp3) is 0.944. The number of hydrogen-bond acceptors (Lipinski definition) is 5. The molecule has 0 aromatic rings. The molecule has 0 aromatic carbocycles. The topological polar surface area (TPSA) is 69.7 Å². The highest BCUT2D eigenvalue weighted by Crippen LogP contribution is 2.53. The SMILES string of the molecule is CC1CC2CC(C)CC(C(=O)OCCC(C)(C)COS(=O)(=O)Cl)(C1)C2. The van der Waals surface area contributed by atoms with Gasteiger partial charge in [-0.15, -0.1) is 0 Å². The van der Waals surface area contributed by atoms with Crippen LogP contribution in [0.3, 0.4) is 0 Å². The minimum atomic E-state index is -3.98. The highest BCUT2D eigenvalue weighted by atomic mass is 35.7. The van der Waals surface area contributed by atoms with E-state index in [0.29, 0.717) is 24.2 Å². The molecule has 146 valence electrons. The molecule has 25 heavy (non-hydrogen) atoms. The van der Waals surface area contributed by atoms with Crippen LogP contribution in [0.2, 0.25) is 0 Å². The zero-order chi connectivity index (χ0) is 18.9. The van der Waals surface area contributed by atoms with E-state index >= 15 is 0 Å². The summed E-state index contributed by atoms with van der Waals surface area (Å²) in [5.74, 6) is 1.70. The lowest BCUT2D eigenvalue weighted by Crippen LogP contribution is -2.45. The summed E-state index contributed by atoms with van der Waals surface area (Å²) < 4.78 is 32.1. The van der Waals surface area contributed by atoms with Crippen LogP contribution in [0.15, 0.2) is 0 Å². The molecule has 2 bridgehead atoms. The summed E-state index contributed by atoms with van der Waals surface area (Å²) in [5, 5.41) is 0. The van der Waals surface area contributed by atoms with Crippen molar-refractivity contribution in [2.45, 2.75) is 66.2 Å². The van der Waals surface area contributed by atoms with Gasteiger partial charge in [0.15, 0.2) is 0 Å². The molecular weight excluding hydrogens is 364 g/mol. The average Bonchev–Trinajstić information content (AvgIpc) is 2.42. The van der Waals surface area contributed by atoms with Crippen molar-refractivity contribution in [1.29, 1.82) is 0 Å². The lowest BCUT2D eigenvalue weighted by Gasteiger charge is -2.48. The molecular formula is C18H31ClO5S. The van der Waals surface area contributed by atoms with Crippen molar-refractivity contribution in [3.05, 3.63) is 0 Å². The molecule has 2 atom stereocenters. The van der Waals surface area contributed by atoms with E-state index in [9.17, 15) is 13.2 Å². The maximum absolute atomic E-state index is 12.9. The van der Waals surface area contributed by atoms with Gasteiger partial charge in [-0.3, -0.25) is 8.98 Å². The van der Waals surface area contributed by atoms with Gasteiger partial charge in [-0.1, -0.05) is 27.7 Å². The van der Waals surface area contributed by atoms with Crippen LogP contribution in [-0.4, -0.2) is 27.6 Å². The molecule has 2 saturated carbocycles. The van der Waals surface area contributed by atoms with E-state index in [1.54, 1.807) is 0 Å². The van der Waals surface area contributed by atoms with Crippen LogP contribution < -0.4 is 0 Å². The van der Waals surface area contributed by atoms with Gasteiger partial charge < -0.3 is 4.74 Å². The summed E-state index contributed by atoms with van der Waals surface area (Å²) >= 11 is 0. The summed E-state index contributed by atoms with van der Waals surface area (Å²) in [6.07, 6.45) is 5.76. The van der Waals surface area contributed by atoms with Gasteiger partial charge in [-0.2, -0.15) is 8.42 Å². The highest BCUT2D eigenvalue weighted by Gasteiger charge is 2.50. The lowest BCUT2D eigenvalue weighted by atomic mass is 9.57. The molecule has 2 aliphatic carbocycles. The molecule has 0 saturated heterocycles. The largest absolute Gasteiger partial charge is 0.465 e. The van der Waals surface area contributed by atoms with Crippen LogP contribution in [0.25, 0.3) is 0 Å². The molecule has 2 unspecified atom stereocenters. The first-order valence-corrected chi connectivity index (χ1v) is 11.4. The Bertz CT molecular complexity index is 567. The Morgan fingerprint density at radius 2 is 1.72 bits per heavy atom. The van der Waals surface area contributed by atoms with Gasteiger partial charge in [0.25, 0.3) is 0 Å². The number of halogens is 1. The number of carbonyl (C=O) groups is 1. The van der Waals surface area contributed by atoms with Crippen LogP contribution in [0.5, 0.6) is 0 Å². The first kappa shape index (κ1) is 21.0. The number of rotatable bonds is 7. The van der Waals surface area contributed by atoms with Crippen molar-refractivity contribution in [3.8, 4) is 0 Å². The van der Waals surface area contributed by atoms with Gasteiger partial charge in [0.2, 0.25) is 0 Å². The third-order valence-electron chi connectivity index (χ3n) is 5.66. The zero-order valence-electron chi connectivity index (χ0n) is 15.7. The molecule has 7 heteroatoms. The Morgan fingerprint density at radius 1 is 1.16 bits per heavy atom. The molecule has 2 rings (SSSR count). The summed E-state index contributed by atoms with van der Waals surface area (Å²) in [7, 11) is 1.10. The van der Waals surface area contributed by atoms with E-state index in [1.807, 2.05) is 13.8 Å². The third kappa shape index (κ3) is 6.10. The second kappa shape index (κ2) is 7.73. The van der Waals surface area contributed by atoms with Crippen molar-refractivity contribution in [3.63, 3.8) is 0 Å². The van der Waals surface area contributed by atoms with Crippen molar-refractivity contribution in [2.75, 3.05) is 13.2 Å². The average molecular weight is 395 g/mol. The standard InChI is InChI=1S/C18H31ClO5S/c1-13-7-15-8-14(2)10-18(9-13,11-15)16(20)23-6-5-17(3,4)12-24-25(19,21)22/h13-15H,5-12H2,1-4H3. The second-order valence-corrected chi connectivity index (χ2v) is 11.3. The molecule has 0 aromatic heterocycles. The quantitative estimate of drug-likeness (QED) is 0.475. The minimum Gasteiger partial charge on any atom is -0.465 e. The Morgan fingerprint density at radius 3 is 2.24 bits per heavy atom. The number of carbonyl (C=O) groups excluding carboxylic acids is 1. The smallest absolute Gasteiger partial charge is 0.355 e. The minimum absolute atomic E-state index is 0.0301. The Balaban J connectivity index is 1.88. The number of hydrogen-bond donors (Lipinski definition) is 0. The fourth-order valence-corrected chi connectivity index (χ4v) is 5.42. The van der Waals surface area contributed by atoms with E-state index in [-0.39, 0.29) is 24.6 Å². The Hall–Kier alpha value is -0.330. The van der Waals surface area contributed by atoms with E-state index in [0.717, 1.165) is 19.3 Å². The summed E-state index contributed by atoms with van der Waals surface area (Å²) in [4.78, 5) is 12.9. The molecule has 0 aliphatic heterocycles. The predicted octanol–water partition coefficient (Wildman–Crippen LogP) is 4.30. The van der Waals surface area contributed by atoms with E-state index < -0.39 is 14.7 Å². The van der Waals surface area contributed by atoms with Crippen LogP contribution in [0, 0.1) is 28.6 Å². The highest BCUT2D eigenvalue weighted by molar-refractivity contribution is 8.09. The molecule has 2 aliphatic rings. The molecule has 0 heterocycles. The summed E-state index contributed by atoms with van der Waals surface area (Å²) in [5.41, 5.74) is -0.762. The van der Waals surface area contributed by atoms with Crippen molar-refractivity contribution in [1.82, 2.24) is 0 Å².